The molecule has 0 saturated carbocycles. The summed E-state index contributed by atoms with van der Waals surface area (Å²) in [6.07, 6.45) is 1.55. The largest absolute Gasteiger partial charge is 0.328 e. The van der Waals surface area contributed by atoms with Gasteiger partial charge in [-0.05, 0) is 12.1 Å². The molecule has 1 aromatic heterocycles. The van der Waals surface area contributed by atoms with E-state index in [-0.39, 0.29) is 5.56 Å². The highest BCUT2D eigenvalue weighted by Gasteiger charge is 2.31. The SMILES string of the molecule is O=c1[nH]cccc1P(=O)(c1ccccc1)c1ccccc1. The highest BCUT2D eigenvalue weighted by Crippen LogP contribution is 2.40. The molecule has 0 bridgehead atoms. The molecule has 0 atom stereocenters. The standard InChI is InChI=1S/C17H14NO2P/c19-17-16(12-7-13-18-17)21(20,14-8-3-1-4-9-14)15-10-5-2-6-11-15/h1-13H,(H,18,19). The molecule has 0 aliphatic heterocycles. The molecule has 0 saturated heterocycles. The number of hydrogen-bond donors (Lipinski definition) is 1. The van der Waals surface area contributed by atoms with Crippen LogP contribution in [0.1, 0.15) is 0 Å². The topological polar surface area (TPSA) is 49.9 Å². The normalized spacial score (nSPS) is 11.2. The molecular weight excluding hydrogens is 281 g/mol. The summed E-state index contributed by atoms with van der Waals surface area (Å²) in [5, 5.41) is 1.63. The molecule has 3 nitrogen and oxygen atoms in total. The Morgan fingerprint density at radius 2 is 1.24 bits per heavy atom. The van der Waals surface area contributed by atoms with Gasteiger partial charge in [0.2, 0.25) is 0 Å². The fourth-order valence-corrected chi connectivity index (χ4v) is 5.05. The molecule has 0 spiro atoms. The van der Waals surface area contributed by atoms with Crippen molar-refractivity contribution in [1.82, 2.24) is 4.98 Å². The third-order valence-electron chi connectivity index (χ3n) is 3.38. The number of benzene rings is 2. The van der Waals surface area contributed by atoms with Gasteiger partial charge in [-0.1, -0.05) is 60.7 Å². The zero-order valence-electron chi connectivity index (χ0n) is 11.3. The van der Waals surface area contributed by atoms with Crippen molar-refractivity contribution < 1.29 is 4.57 Å². The Labute approximate surface area is 122 Å². The smallest absolute Gasteiger partial charge is 0.259 e. The number of rotatable bonds is 3. The predicted molar refractivity (Wildman–Crippen MR) is 86.5 cm³/mol. The first kappa shape index (κ1) is 13.6. The third kappa shape index (κ3) is 2.37. The third-order valence-corrected chi connectivity index (χ3v) is 6.46. The molecule has 0 unspecified atom stereocenters. The average molecular weight is 295 g/mol. The van der Waals surface area contributed by atoms with Gasteiger partial charge in [0, 0.05) is 16.8 Å². The summed E-state index contributed by atoms with van der Waals surface area (Å²) in [6.45, 7) is 0. The monoisotopic (exact) mass is 295 g/mol. The van der Waals surface area contributed by atoms with Crippen molar-refractivity contribution in [2.45, 2.75) is 0 Å². The van der Waals surface area contributed by atoms with Crippen molar-refractivity contribution in [3.63, 3.8) is 0 Å². The zero-order chi connectivity index (χ0) is 14.7. The van der Waals surface area contributed by atoms with Crippen LogP contribution in [-0.2, 0) is 4.57 Å². The number of hydrogen-bond acceptors (Lipinski definition) is 2. The van der Waals surface area contributed by atoms with Crippen molar-refractivity contribution in [3.05, 3.63) is 89.3 Å². The molecule has 0 aliphatic rings. The summed E-state index contributed by atoms with van der Waals surface area (Å²) in [4.78, 5) is 14.8. The molecule has 0 amide bonds. The second-order valence-electron chi connectivity index (χ2n) is 4.66. The number of nitrogens with one attached hydrogen (secondary N) is 1. The first-order valence-corrected chi connectivity index (χ1v) is 8.33. The van der Waals surface area contributed by atoms with E-state index in [1.165, 1.54) is 0 Å². The van der Waals surface area contributed by atoms with E-state index in [9.17, 15) is 9.36 Å². The second-order valence-corrected chi connectivity index (χ2v) is 7.40. The van der Waals surface area contributed by atoms with E-state index in [2.05, 4.69) is 4.98 Å². The lowest BCUT2D eigenvalue weighted by Crippen LogP contribution is -2.35. The van der Waals surface area contributed by atoms with Crippen LogP contribution in [-0.4, -0.2) is 4.98 Å². The maximum absolute atomic E-state index is 13.8. The maximum Gasteiger partial charge on any atom is 0.259 e. The summed E-state index contributed by atoms with van der Waals surface area (Å²) in [5.74, 6) is 0. The highest BCUT2D eigenvalue weighted by atomic mass is 31.2. The number of pyridine rings is 1. The van der Waals surface area contributed by atoms with Gasteiger partial charge in [0.25, 0.3) is 5.56 Å². The first-order chi connectivity index (χ1) is 10.2. The predicted octanol–water partition coefficient (Wildman–Crippen LogP) is 2.01. The van der Waals surface area contributed by atoms with E-state index in [1.807, 2.05) is 36.4 Å². The van der Waals surface area contributed by atoms with Gasteiger partial charge in [-0.2, -0.15) is 0 Å². The Hall–Kier alpha value is -2.38. The molecule has 0 fully saturated rings. The van der Waals surface area contributed by atoms with Gasteiger partial charge < -0.3 is 9.55 Å². The van der Waals surface area contributed by atoms with Crippen LogP contribution in [0.5, 0.6) is 0 Å². The van der Waals surface area contributed by atoms with Crippen LogP contribution in [0.2, 0.25) is 0 Å². The average Bonchev–Trinajstić information content (AvgIpc) is 2.56. The molecule has 4 heteroatoms. The molecule has 3 rings (SSSR count). The van der Waals surface area contributed by atoms with Crippen molar-refractivity contribution >= 4 is 23.1 Å². The minimum Gasteiger partial charge on any atom is -0.328 e. The van der Waals surface area contributed by atoms with Crippen LogP contribution in [0.25, 0.3) is 0 Å². The highest BCUT2D eigenvalue weighted by molar-refractivity contribution is 7.85. The molecule has 1 N–H and O–H groups in total. The van der Waals surface area contributed by atoms with Crippen molar-refractivity contribution in [3.8, 4) is 0 Å². The number of H-pyrrole nitrogens is 1. The van der Waals surface area contributed by atoms with Gasteiger partial charge in [0.1, 0.15) is 0 Å². The van der Waals surface area contributed by atoms with E-state index >= 15 is 0 Å². The van der Waals surface area contributed by atoms with Crippen LogP contribution < -0.4 is 21.5 Å². The van der Waals surface area contributed by atoms with Crippen LogP contribution >= 0.6 is 7.14 Å². The van der Waals surface area contributed by atoms with Crippen LogP contribution in [0.3, 0.4) is 0 Å². The van der Waals surface area contributed by atoms with Gasteiger partial charge in [0.15, 0.2) is 7.14 Å². The Balaban J connectivity index is 2.35. The molecule has 3 aromatic rings. The number of aromatic amines is 1. The Morgan fingerprint density at radius 3 is 1.71 bits per heavy atom. The molecule has 0 aliphatic carbocycles. The van der Waals surface area contributed by atoms with Crippen LogP contribution in [0.15, 0.2) is 83.8 Å². The Morgan fingerprint density at radius 1 is 0.714 bits per heavy atom. The van der Waals surface area contributed by atoms with Crippen molar-refractivity contribution in [2.24, 2.45) is 0 Å². The Bertz CT molecular complexity index is 798. The minimum absolute atomic E-state index is 0.308. The lowest BCUT2D eigenvalue weighted by atomic mass is 10.4. The van der Waals surface area contributed by atoms with Crippen molar-refractivity contribution in [2.75, 3.05) is 0 Å². The lowest BCUT2D eigenvalue weighted by Gasteiger charge is -2.18. The fourth-order valence-electron chi connectivity index (χ4n) is 2.36. The summed E-state index contributed by atoms with van der Waals surface area (Å²) < 4.78 is 13.8. The summed E-state index contributed by atoms with van der Waals surface area (Å²) in [5.41, 5.74) is -0.312. The summed E-state index contributed by atoms with van der Waals surface area (Å²) in [6, 6.07) is 21.6. The molecule has 21 heavy (non-hydrogen) atoms. The van der Waals surface area contributed by atoms with E-state index in [0.29, 0.717) is 15.9 Å². The van der Waals surface area contributed by atoms with E-state index < -0.39 is 7.14 Å². The van der Waals surface area contributed by atoms with E-state index in [1.54, 1.807) is 42.6 Å². The lowest BCUT2D eigenvalue weighted by molar-refractivity contribution is 0.592. The number of aromatic nitrogens is 1. The summed E-state index contributed by atoms with van der Waals surface area (Å²) in [7, 11) is -3.16. The fraction of sp³-hybridized carbons (Fsp3) is 0. The summed E-state index contributed by atoms with van der Waals surface area (Å²) >= 11 is 0. The van der Waals surface area contributed by atoms with Gasteiger partial charge in [0.05, 0.1) is 5.30 Å². The minimum atomic E-state index is -3.16. The molecule has 0 radical (unpaired) electrons. The zero-order valence-corrected chi connectivity index (χ0v) is 12.2. The second kappa shape index (κ2) is 5.55. The van der Waals surface area contributed by atoms with Gasteiger partial charge in [-0.3, -0.25) is 4.79 Å². The molecule has 2 aromatic carbocycles. The Kier molecular flexibility index (Phi) is 3.59. The molecule has 1 heterocycles. The maximum atomic E-state index is 13.8. The van der Waals surface area contributed by atoms with Crippen LogP contribution in [0, 0.1) is 0 Å². The molecule has 104 valence electrons. The van der Waals surface area contributed by atoms with Gasteiger partial charge >= 0.3 is 0 Å². The molecular formula is C17H14NO2P. The quantitative estimate of drug-likeness (QED) is 0.752. The van der Waals surface area contributed by atoms with Crippen molar-refractivity contribution in [1.29, 1.82) is 0 Å². The van der Waals surface area contributed by atoms with Gasteiger partial charge in [-0.15, -0.1) is 0 Å². The first-order valence-electron chi connectivity index (χ1n) is 6.62. The van der Waals surface area contributed by atoms with E-state index in [0.717, 1.165) is 0 Å². The van der Waals surface area contributed by atoms with Crippen LogP contribution in [0.4, 0.5) is 0 Å². The van der Waals surface area contributed by atoms with E-state index in [4.69, 9.17) is 0 Å². The van der Waals surface area contributed by atoms with Gasteiger partial charge in [-0.25, -0.2) is 0 Å².